The van der Waals surface area contributed by atoms with Crippen LogP contribution in [0.2, 0.25) is 0 Å². The summed E-state index contributed by atoms with van der Waals surface area (Å²) in [6, 6.07) is 4.01. The Kier molecular flexibility index (Phi) is 2.73. The molecule has 3 heteroatoms. The second-order valence-electron chi connectivity index (χ2n) is 6.68. The van der Waals surface area contributed by atoms with Gasteiger partial charge in [-0.3, -0.25) is 9.78 Å². The Balaban J connectivity index is 2.02. The summed E-state index contributed by atoms with van der Waals surface area (Å²) < 4.78 is 0. The van der Waals surface area contributed by atoms with Crippen molar-refractivity contribution in [3.05, 3.63) is 29.1 Å². The van der Waals surface area contributed by atoms with Gasteiger partial charge in [0.25, 0.3) is 0 Å². The number of aromatic nitrogens is 2. The Morgan fingerprint density at radius 3 is 2.84 bits per heavy atom. The van der Waals surface area contributed by atoms with Crippen LogP contribution in [0, 0.1) is 11.3 Å². The zero-order chi connectivity index (χ0) is 13.6. The SMILES string of the molecule is CC(C)(C)C1CCc2nc3cc(C=O)[nH]c3cc2C1. The maximum Gasteiger partial charge on any atom is 0.166 e. The van der Waals surface area contributed by atoms with Gasteiger partial charge in [0, 0.05) is 5.69 Å². The average molecular weight is 256 g/mol. The highest BCUT2D eigenvalue weighted by molar-refractivity contribution is 5.85. The first-order valence-corrected chi connectivity index (χ1v) is 6.94. The van der Waals surface area contributed by atoms with Gasteiger partial charge in [-0.15, -0.1) is 0 Å². The molecule has 19 heavy (non-hydrogen) atoms. The number of hydrogen-bond donors (Lipinski definition) is 1. The molecule has 100 valence electrons. The van der Waals surface area contributed by atoms with Crippen molar-refractivity contribution in [2.24, 2.45) is 11.3 Å². The third-order valence-corrected chi connectivity index (χ3v) is 4.34. The second-order valence-corrected chi connectivity index (χ2v) is 6.68. The zero-order valence-electron chi connectivity index (χ0n) is 11.8. The highest BCUT2D eigenvalue weighted by Gasteiger charge is 2.29. The van der Waals surface area contributed by atoms with Crippen LogP contribution in [0.4, 0.5) is 0 Å². The lowest BCUT2D eigenvalue weighted by Gasteiger charge is -2.34. The fraction of sp³-hybridized carbons (Fsp3) is 0.500. The molecule has 0 bridgehead atoms. The van der Waals surface area contributed by atoms with Crippen molar-refractivity contribution in [2.45, 2.75) is 40.0 Å². The van der Waals surface area contributed by atoms with Crippen LogP contribution >= 0.6 is 0 Å². The number of carbonyl (C=O) groups is 1. The van der Waals surface area contributed by atoms with Gasteiger partial charge in [-0.2, -0.15) is 0 Å². The predicted molar refractivity (Wildman–Crippen MR) is 76.5 cm³/mol. The standard InChI is InChI=1S/C16H20N2O/c1-16(2,3)11-4-5-13-10(6-11)7-14-15(18-13)8-12(9-19)17-14/h7-9,11,17H,4-6H2,1-3H3. The summed E-state index contributed by atoms with van der Waals surface area (Å²) in [5.41, 5.74) is 5.40. The minimum atomic E-state index is 0.344. The van der Waals surface area contributed by atoms with E-state index in [4.69, 9.17) is 4.98 Å². The fourth-order valence-electron chi connectivity index (χ4n) is 3.03. The van der Waals surface area contributed by atoms with E-state index in [1.165, 1.54) is 17.7 Å². The zero-order valence-corrected chi connectivity index (χ0v) is 11.8. The van der Waals surface area contributed by atoms with E-state index in [1.807, 2.05) is 6.07 Å². The van der Waals surface area contributed by atoms with Crippen molar-refractivity contribution in [2.75, 3.05) is 0 Å². The molecule has 3 nitrogen and oxygen atoms in total. The van der Waals surface area contributed by atoms with Gasteiger partial charge in [0.1, 0.15) is 0 Å². The van der Waals surface area contributed by atoms with Crippen LogP contribution in [-0.4, -0.2) is 16.3 Å². The lowest BCUT2D eigenvalue weighted by atomic mass is 9.71. The normalized spacial score (nSPS) is 19.4. The van der Waals surface area contributed by atoms with Crippen LogP contribution in [0.3, 0.4) is 0 Å². The molecule has 1 aliphatic rings. The molecule has 0 aliphatic heterocycles. The summed E-state index contributed by atoms with van der Waals surface area (Å²) in [5, 5.41) is 0. The number of nitrogens with one attached hydrogen (secondary N) is 1. The maximum absolute atomic E-state index is 10.8. The van der Waals surface area contributed by atoms with Gasteiger partial charge in [0.15, 0.2) is 6.29 Å². The number of pyridine rings is 1. The first-order valence-electron chi connectivity index (χ1n) is 6.94. The Morgan fingerprint density at radius 1 is 1.37 bits per heavy atom. The van der Waals surface area contributed by atoms with Crippen molar-refractivity contribution in [1.82, 2.24) is 9.97 Å². The first kappa shape index (κ1) is 12.4. The molecule has 0 amide bonds. The number of carbonyl (C=O) groups excluding carboxylic acids is 1. The molecule has 1 N–H and O–H groups in total. The Bertz CT molecular complexity index is 634. The van der Waals surface area contributed by atoms with E-state index in [9.17, 15) is 4.79 Å². The Hall–Kier alpha value is -1.64. The molecule has 1 aliphatic carbocycles. The maximum atomic E-state index is 10.8. The summed E-state index contributed by atoms with van der Waals surface area (Å²) in [5.74, 6) is 0.708. The lowest BCUT2D eigenvalue weighted by Crippen LogP contribution is -2.27. The van der Waals surface area contributed by atoms with E-state index < -0.39 is 0 Å². The lowest BCUT2D eigenvalue weighted by molar-refractivity contribution is 0.112. The third-order valence-electron chi connectivity index (χ3n) is 4.34. The Labute approximate surface area is 113 Å². The highest BCUT2D eigenvalue weighted by atomic mass is 16.1. The smallest absolute Gasteiger partial charge is 0.166 e. The molecule has 0 radical (unpaired) electrons. The molecular weight excluding hydrogens is 236 g/mol. The van der Waals surface area contributed by atoms with Crippen molar-refractivity contribution in [1.29, 1.82) is 0 Å². The van der Waals surface area contributed by atoms with Gasteiger partial charge < -0.3 is 4.98 Å². The van der Waals surface area contributed by atoms with E-state index >= 15 is 0 Å². The number of H-pyrrole nitrogens is 1. The third kappa shape index (κ3) is 2.18. The molecule has 2 aromatic rings. The van der Waals surface area contributed by atoms with Crippen LogP contribution in [0.25, 0.3) is 11.0 Å². The van der Waals surface area contributed by atoms with Gasteiger partial charge in [-0.25, -0.2) is 0 Å². The monoisotopic (exact) mass is 256 g/mol. The minimum absolute atomic E-state index is 0.344. The predicted octanol–water partition coefficient (Wildman–Crippen LogP) is 3.53. The molecule has 0 fully saturated rings. The Morgan fingerprint density at radius 2 is 2.16 bits per heavy atom. The summed E-state index contributed by atoms with van der Waals surface area (Å²) in [6.45, 7) is 6.94. The van der Waals surface area contributed by atoms with E-state index in [0.29, 0.717) is 17.0 Å². The molecule has 1 atom stereocenters. The van der Waals surface area contributed by atoms with Gasteiger partial charge in [-0.1, -0.05) is 20.8 Å². The number of hydrogen-bond acceptors (Lipinski definition) is 2. The number of rotatable bonds is 1. The van der Waals surface area contributed by atoms with Crippen molar-refractivity contribution < 1.29 is 4.79 Å². The highest BCUT2D eigenvalue weighted by Crippen LogP contribution is 2.37. The molecule has 2 heterocycles. The summed E-state index contributed by atoms with van der Waals surface area (Å²) >= 11 is 0. The van der Waals surface area contributed by atoms with Crippen LogP contribution in [0.1, 0.15) is 48.9 Å². The summed E-state index contributed by atoms with van der Waals surface area (Å²) in [6.07, 6.45) is 4.20. The molecule has 0 spiro atoms. The number of aldehydes is 1. The largest absolute Gasteiger partial charge is 0.351 e. The molecule has 0 aromatic carbocycles. The quantitative estimate of drug-likeness (QED) is 0.793. The average Bonchev–Trinajstić information content (AvgIpc) is 2.75. The molecule has 0 saturated heterocycles. The van der Waals surface area contributed by atoms with E-state index in [0.717, 1.165) is 30.2 Å². The second kappa shape index (κ2) is 4.19. The molecular formula is C16H20N2O. The molecule has 0 saturated carbocycles. The minimum Gasteiger partial charge on any atom is -0.351 e. The molecule has 3 rings (SSSR count). The van der Waals surface area contributed by atoms with E-state index in [-0.39, 0.29) is 0 Å². The van der Waals surface area contributed by atoms with Crippen LogP contribution in [-0.2, 0) is 12.8 Å². The molecule has 1 unspecified atom stereocenters. The number of fused-ring (bicyclic) bond motifs is 2. The van der Waals surface area contributed by atoms with Crippen LogP contribution < -0.4 is 0 Å². The van der Waals surface area contributed by atoms with Crippen LogP contribution in [0.15, 0.2) is 12.1 Å². The number of aryl methyl sites for hydroxylation is 1. The van der Waals surface area contributed by atoms with Crippen molar-refractivity contribution >= 4 is 17.3 Å². The topological polar surface area (TPSA) is 45.8 Å². The summed E-state index contributed by atoms with van der Waals surface area (Å²) in [4.78, 5) is 18.7. The van der Waals surface area contributed by atoms with Gasteiger partial charge in [-0.05, 0) is 48.3 Å². The van der Waals surface area contributed by atoms with E-state index in [2.05, 4.69) is 31.8 Å². The van der Waals surface area contributed by atoms with Gasteiger partial charge in [0.2, 0.25) is 0 Å². The van der Waals surface area contributed by atoms with Gasteiger partial charge in [0.05, 0.1) is 16.7 Å². The molecule has 2 aromatic heterocycles. The van der Waals surface area contributed by atoms with Crippen LogP contribution in [0.5, 0.6) is 0 Å². The number of aromatic amines is 1. The number of nitrogens with zero attached hydrogens (tertiary/aromatic N) is 1. The van der Waals surface area contributed by atoms with Crippen molar-refractivity contribution in [3.8, 4) is 0 Å². The van der Waals surface area contributed by atoms with Gasteiger partial charge >= 0.3 is 0 Å². The fourth-order valence-corrected chi connectivity index (χ4v) is 3.03. The van der Waals surface area contributed by atoms with Crippen molar-refractivity contribution in [3.63, 3.8) is 0 Å². The van der Waals surface area contributed by atoms with E-state index in [1.54, 1.807) is 0 Å². The first-order chi connectivity index (χ1) is 8.97. The summed E-state index contributed by atoms with van der Waals surface area (Å²) in [7, 11) is 0.